The molecule has 0 N–H and O–H groups in total. The number of likely N-dealkylation sites (N-methyl/N-ethyl adjacent to an activating group) is 1. The number of hydrogen-bond acceptors (Lipinski definition) is 4. The maximum Gasteiger partial charge on any atom is 0.127 e. The summed E-state index contributed by atoms with van der Waals surface area (Å²) in [6, 6.07) is 4.14. The van der Waals surface area contributed by atoms with Crippen LogP contribution >= 0.6 is 11.6 Å². The van der Waals surface area contributed by atoms with Gasteiger partial charge in [-0.1, -0.05) is 32.4 Å². The standard InChI is InChI=1S/C19H29ClN2O2/c1-4-21(5-6-22-7-9-23-10-8-22)13-15-11-16(20)12-17-18(15)24-14-19(17,2)3/h11-12H,4-10,13-14H2,1-3H3. The number of nitrogens with zero attached hydrogens (tertiary/aromatic N) is 2. The van der Waals surface area contributed by atoms with Crippen LogP contribution in [-0.4, -0.2) is 62.3 Å². The lowest BCUT2D eigenvalue weighted by Crippen LogP contribution is -2.41. The fraction of sp³-hybridized carbons (Fsp3) is 0.684. The van der Waals surface area contributed by atoms with Gasteiger partial charge in [-0.3, -0.25) is 9.80 Å². The zero-order valence-electron chi connectivity index (χ0n) is 15.1. The van der Waals surface area contributed by atoms with Crippen molar-refractivity contribution >= 4 is 11.6 Å². The quantitative estimate of drug-likeness (QED) is 0.785. The zero-order chi connectivity index (χ0) is 17.2. The van der Waals surface area contributed by atoms with Gasteiger partial charge in [0, 0.05) is 54.3 Å². The van der Waals surface area contributed by atoms with Crippen molar-refractivity contribution in [1.29, 1.82) is 0 Å². The summed E-state index contributed by atoms with van der Waals surface area (Å²) in [6.07, 6.45) is 0. The van der Waals surface area contributed by atoms with Crippen LogP contribution in [0.1, 0.15) is 31.9 Å². The van der Waals surface area contributed by atoms with Crippen molar-refractivity contribution in [1.82, 2.24) is 9.80 Å². The van der Waals surface area contributed by atoms with Crippen LogP contribution in [0.2, 0.25) is 5.02 Å². The first kappa shape index (κ1) is 18.0. The van der Waals surface area contributed by atoms with E-state index in [0.717, 1.165) is 69.9 Å². The van der Waals surface area contributed by atoms with Gasteiger partial charge >= 0.3 is 0 Å². The molecule has 0 amide bonds. The van der Waals surface area contributed by atoms with E-state index in [0.29, 0.717) is 0 Å². The Bertz CT molecular complexity index is 571. The minimum absolute atomic E-state index is 0.0415. The second-order valence-electron chi connectivity index (χ2n) is 7.44. The van der Waals surface area contributed by atoms with Crippen molar-refractivity contribution in [2.24, 2.45) is 0 Å². The number of benzene rings is 1. The highest BCUT2D eigenvalue weighted by molar-refractivity contribution is 6.30. The molecule has 2 aliphatic rings. The molecule has 0 atom stereocenters. The molecule has 24 heavy (non-hydrogen) atoms. The summed E-state index contributed by atoms with van der Waals surface area (Å²) in [5, 5.41) is 0.812. The molecular weight excluding hydrogens is 324 g/mol. The topological polar surface area (TPSA) is 24.9 Å². The van der Waals surface area contributed by atoms with E-state index in [-0.39, 0.29) is 5.41 Å². The molecule has 1 fully saturated rings. The lowest BCUT2D eigenvalue weighted by molar-refractivity contribution is 0.0332. The molecule has 0 unspecified atom stereocenters. The maximum absolute atomic E-state index is 6.39. The number of ether oxygens (including phenoxy) is 2. The van der Waals surface area contributed by atoms with Gasteiger partial charge in [0.15, 0.2) is 0 Å². The van der Waals surface area contributed by atoms with Gasteiger partial charge in [-0.25, -0.2) is 0 Å². The van der Waals surface area contributed by atoms with Crippen LogP contribution in [0, 0.1) is 0 Å². The third-order valence-electron chi connectivity index (χ3n) is 5.11. The van der Waals surface area contributed by atoms with Crippen molar-refractivity contribution in [3.05, 3.63) is 28.3 Å². The highest BCUT2D eigenvalue weighted by atomic mass is 35.5. The van der Waals surface area contributed by atoms with Gasteiger partial charge < -0.3 is 9.47 Å². The first-order chi connectivity index (χ1) is 11.5. The maximum atomic E-state index is 6.39. The van der Waals surface area contributed by atoms with Crippen molar-refractivity contribution in [3.8, 4) is 5.75 Å². The lowest BCUT2D eigenvalue weighted by Gasteiger charge is -2.29. The minimum Gasteiger partial charge on any atom is -0.492 e. The second-order valence-corrected chi connectivity index (χ2v) is 7.87. The van der Waals surface area contributed by atoms with Crippen LogP contribution in [0.15, 0.2) is 12.1 Å². The van der Waals surface area contributed by atoms with Crippen molar-refractivity contribution in [3.63, 3.8) is 0 Å². The fourth-order valence-electron chi connectivity index (χ4n) is 3.47. The lowest BCUT2D eigenvalue weighted by atomic mass is 9.86. The molecule has 0 aliphatic carbocycles. The smallest absolute Gasteiger partial charge is 0.127 e. The van der Waals surface area contributed by atoms with Crippen LogP contribution in [0.3, 0.4) is 0 Å². The van der Waals surface area contributed by atoms with E-state index >= 15 is 0 Å². The first-order valence-corrected chi connectivity index (χ1v) is 9.35. The summed E-state index contributed by atoms with van der Waals surface area (Å²) in [7, 11) is 0. The molecule has 0 aromatic heterocycles. The predicted molar refractivity (Wildman–Crippen MR) is 98.2 cm³/mol. The van der Waals surface area contributed by atoms with E-state index in [4.69, 9.17) is 21.1 Å². The van der Waals surface area contributed by atoms with Crippen LogP contribution in [0.5, 0.6) is 5.75 Å². The molecule has 5 heteroatoms. The van der Waals surface area contributed by atoms with Crippen molar-refractivity contribution < 1.29 is 9.47 Å². The SMILES string of the molecule is CCN(CCN1CCOCC1)Cc1cc(Cl)cc2c1OCC2(C)C. The summed E-state index contributed by atoms with van der Waals surface area (Å²) < 4.78 is 11.5. The third-order valence-corrected chi connectivity index (χ3v) is 5.33. The fourth-order valence-corrected chi connectivity index (χ4v) is 3.71. The van der Waals surface area contributed by atoms with E-state index in [1.807, 2.05) is 0 Å². The first-order valence-electron chi connectivity index (χ1n) is 8.98. The van der Waals surface area contributed by atoms with Crippen LogP contribution in [0.4, 0.5) is 0 Å². The zero-order valence-corrected chi connectivity index (χ0v) is 15.9. The molecule has 1 saturated heterocycles. The number of rotatable bonds is 6. The molecule has 0 radical (unpaired) electrons. The Morgan fingerprint density at radius 2 is 2.00 bits per heavy atom. The molecule has 2 aliphatic heterocycles. The third kappa shape index (κ3) is 4.05. The summed E-state index contributed by atoms with van der Waals surface area (Å²) in [6.45, 7) is 15.2. The Balaban J connectivity index is 1.67. The van der Waals surface area contributed by atoms with Gasteiger partial charge in [0.2, 0.25) is 0 Å². The van der Waals surface area contributed by atoms with E-state index < -0.39 is 0 Å². The van der Waals surface area contributed by atoms with Gasteiger partial charge in [0.05, 0.1) is 19.8 Å². The van der Waals surface area contributed by atoms with Crippen LogP contribution < -0.4 is 4.74 Å². The average Bonchev–Trinajstić information content (AvgIpc) is 2.87. The Hall–Kier alpha value is -0.810. The Labute approximate surface area is 150 Å². The number of fused-ring (bicyclic) bond motifs is 1. The van der Waals surface area contributed by atoms with E-state index in [9.17, 15) is 0 Å². The predicted octanol–water partition coefficient (Wildman–Crippen LogP) is 3.16. The van der Waals surface area contributed by atoms with E-state index in [2.05, 4.69) is 42.7 Å². The molecule has 0 saturated carbocycles. The molecule has 0 bridgehead atoms. The molecule has 1 aromatic carbocycles. The molecule has 1 aromatic rings. The monoisotopic (exact) mass is 352 g/mol. The highest BCUT2D eigenvalue weighted by Crippen LogP contribution is 2.42. The van der Waals surface area contributed by atoms with Gasteiger partial charge in [0.25, 0.3) is 0 Å². The summed E-state index contributed by atoms with van der Waals surface area (Å²) >= 11 is 6.39. The van der Waals surface area contributed by atoms with Gasteiger partial charge in [-0.2, -0.15) is 0 Å². The Morgan fingerprint density at radius 3 is 2.71 bits per heavy atom. The normalized spacial score (nSPS) is 20.2. The number of halogens is 1. The summed E-state index contributed by atoms with van der Waals surface area (Å²) in [5.74, 6) is 1.05. The van der Waals surface area contributed by atoms with E-state index in [1.54, 1.807) is 0 Å². The average molecular weight is 353 g/mol. The number of hydrogen-bond donors (Lipinski definition) is 0. The second kappa shape index (κ2) is 7.61. The molecule has 0 spiro atoms. The van der Waals surface area contributed by atoms with Gasteiger partial charge in [-0.15, -0.1) is 0 Å². The molecular formula is C19H29ClN2O2. The van der Waals surface area contributed by atoms with E-state index in [1.165, 1.54) is 11.1 Å². The largest absolute Gasteiger partial charge is 0.492 e. The van der Waals surface area contributed by atoms with Crippen molar-refractivity contribution in [2.75, 3.05) is 52.5 Å². The van der Waals surface area contributed by atoms with Crippen molar-refractivity contribution in [2.45, 2.75) is 32.7 Å². The Morgan fingerprint density at radius 1 is 1.25 bits per heavy atom. The molecule has 2 heterocycles. The Kier molecular flexibility index (Phi) is 5.70. The molecule has 134 valence electrons. The number of morpholine rings is 1. The highest BCUT2D eigenvalue weighted by Gasteiger charge is 2.34. The summed E-state index contributed by atoms with van der Waals surface area (Å²) in [5.41, 5.74) is 2.50. The molecule has 3 rings (SSSR count). The molecule has 4 nitrogen and oxygen atoms in total. The summed E-state index contributed by atoms with van der Waals surface area (Å²) in [4.78, 5) is 4.95. The minimum atomic E-state index is 0.0415. The van der Waals surface area contributed by atoms with Gasteiger partial charge in [0.1, 0.15) is 5.75 Å². The van der Waals surface area contributed by atoms with Gasteiger partial charge in [-0.05, 0) is 18.7 Å². The van der Waals surface area contributed by atoms with Crippen LogP contribution in [0.25, 0.3) is 0 Å². The van der Waals surface area contributed by atoms with Crippen LogP contribution in [-0.2, 0) is 16.7 Å².